The third kappa shape index (κ3) is 4.06. The van der Waals surface area contributed by atoms with Gasteiger partial charge in [-0.25, -0.2) is 0 Å². The smallest absolute Gasteiger partial charge is 0.184 e. The van der Waals surface area contributed by atoms with Gasteiger partial charge in [-0.15, -0.1) is 0 Å². The van der Waals surface area contributed by atoms with Crippen molar-refractivity contribution in [1.82, 2.24) is 0 Å². The van der Waals surface area contributed by atoms with E-state index in [-0.39, 0.29) is 30.3 Å². The van der Waals surface area contributed by atoms with Crippen molar-refractivity contribution in [3.05, 3.63) is 60.3 Å². The molecule has 34 heavy (non-hydrogen) atoms. The summed E-state index contributed by atoms with van der Waals surface area (Å²) in [5, 5.41) is 0.337. The van der Waals surface area contributed by atoms with Crippen LogP contribution in [0, 0.1) is 5.92 Å². The van der Waals surface area contributed by atoms with Gasteiger partial charge in [-0.2, -0.15) is 11.8 Å². The minimum absolute atomic E-state index is 0.00993. The molecule has 0 amide bonds. The summed E-state index contributed by atoms with van der Waals surface area (Å²) in [4.78, 5) is 0. The maximum Gasteiger partial charge on any atom is 0.184 e. The number of rotatable bonds is 5. The first kappa shape index (κ1) is 22.8. The standard InChI is InChI=1S/C28H36O5S/c1-5-15-29-20(10-1)25-26(21-11-2-6-16-30-21)28(24-14-9-18-32-24,23-13-3-7-17-31-23)33-27(25)22-12-4-8-19-34-22/h1,3,5,7,10,13,15,17,20-24,26H,2,4,6,8-9,11-12,14,16,18-19H2. The van der Waals surface area contributed by atoms with Gasteiger partial charge in [0.15, 0.2) is 11.7 Å². The van der Waals surface area contributed by atoms with E-state index >= 15 is 0 Å². The second kappa shape index (κ2) is 10.2. The Balaban J connectivity index is 1.50. The van der Waals surface area contributed by atoms with Crippen molar-refractivity contribution in [3.8, 4) is 0 Å². The molecule has 0 N–H and O–H groups in total. The predicted octanol–water partition coefficient (Wildman–Crippen LogP) is 5.60. The summed E-state index contributed by atoms with van der Waals surface area (Å²) < 4.78 is 33.0. The number of ether oxygens (including phenoxy) is 5. The molecule has 0 saturated carbocycles. The van der Waals surface area contributed by atoms with Crippen molar-refractivity contribution in [1.29, 1.82) is 0 Å². The third-order valence-electron chi connectivity index (χ3n) is 8.04. The summed E-state index contributed by atoms with van der Waals surface area (Å²) in [6, 6.07) is 0. The number of allylic oxidation sites excluding steroid dienone is 4. The Kier molecular flexibility index (Phi) is 6.81. The molecule has 0 spiro atoms. The Bertz CT molecular complexity index is 873. The lowest BCUT2D eigenvalue weighted by atomic mass is 9.69. The topological polar surface area (TPSA) is 46.2 Å². The van der Waals surface area contributed by atoms with Gasteiger partial charge in [-0.05, 0) is 75.0 Å². The highest BCUT2D eigenvalue weighted by atomic mass is 32.2. The zero-order valence-corrected chi connectivity index (χ0v) is 20.6. The van der Waals surface area contributed by atoms with Gasteiger partial charge in [0.05, 0.1) is 29.8 Å². The fourth-order valence-corrected chi connectivity index (χ4v) is 7.89. The summed E-state index contributed by atoms with van der Waals surface area (Å²) in [5.41, 5.74) is 0.592. The third-order valence-corrected chi connectivity index (χ3v) is 9.41. The van der Waals surface area contributed by atoms with E-state index in [2.05, 4.69) is 24.3 Å². The molecule has 0 aliphatic carbocycles. The lowest BCUT2D eigenvalue weighted by Crippen LogP contribution is -2.61. The van der Waals surface area contributed by atoms with Gasteiger partial charge < -0.3 is 23.7 Å². The first-order valence-electron chi connectivity index (χ1n) is 13.1. The molecule has 3 fully saturated rings. The molecule has 7 atom stereocenters. The molecule has 0 radical (unpaired) electrons. The fourth-order valence-electron chi connectivity index (χ4n) is 6.57. The van der Waals surface area contributed by atoms with Crippen LogP contribution in [0.4, 0.5) is 0 Å². The van der Waals surface area contributed by atoms with E-state index in [9.17, 15) is 0 Å². The molecule has 6 heteroatoms. The maximum atomic E-state index is 7.35. The van der Waals surface area contributed by atoms with Gasteiger partial charge in [-0.3, -0.25) is 0 Å². The van der Waals surface area contributed by atoms with Gasteiger partial charge in [0.1, 0.15) is 18.0 Å². The van der Waals surface area contributed by atoms with Crippen molar-refractivity contribution in [2.24, 2.45) is 5.92 Å². The molecule has 6 aliphatic rings. The van der Waals surface area contributed by atoms with E-state index in [1.165, 1.54) is 30.6 Å². The Morgan fingerprint density at radius 1 is 0.794 bits per heavy atom. The number of hydrogen-bond acceptors (Lipinski definition) is 6. The van der Waals surface area contributed by atoms with Crippen LogP contribution in [0.5, 0.6) is 0 Å². The van der Waals surface area contributed by atoms with Gasteiger partial charge >= 0.3 is 0 Å². The minimum atomic E-state index is -0.666. The first-order valence-corrected chi connectivity index (χ1v) is 14.2. The molecule has 0 aromatic rings. The summed E-state index contributed by atoms with van der Waals surface area (Å²) in [6.07, 6.45) is 24.6. The molecule has 0 aromatic heterocycles. The van der Waals surface area contributed by atoms with Crippen molar-refractivity contribution in [2.45, 2.75) is 86.6 Å². The van der Waals surface area contributed by atoms with Gasteiger partial charge in [0, 0.05) is 18.8 Å². The van der Waals surface area contributed by atoms with E-state index in [1.807, 2.05) is 30.2 Å². The van der Waals surface area contributed by atoms with Crippen molar-refractivity contribution in [2.75, 3.05) is 19.0 Å². The Morgan fingerprint density at radius 3 is 2.32 bits per heavy atom. The molecular formula is C28H36O5S. The van der Waals surface area contributed by atoms with E-state index in [4.69, 9.17) is 23.7 Å². The lowest BCUT2D eigenvalue weighted by Gasteiger charge is -2.47. The van der Waals surface area contributed by atoms with Crippen LogP contribution < -0.4 is 0 Å². The largest absolute Gasteiger partial charge is 0.490 e. The van der Waals surface area contributed by atoms with Gasteiger partial charge in [0.2, 0.25) is 0 Å². The van der Waals surface area contributed by atoms with E-state index in [0.29, 0.717) is 5.25 Å². The van der Waals surface area contributed by atoms with Crippen molar-refractivity contribution >= 4 is 11.8 Å². The summed E-state index contributed by atoms with van der Waals surface area (Å²) in [7, 11) is 0. The SMILES string of the molecule is C1=COC(C2=C(C3CCCCS3)OC(C3C=CC=CO3)(C3CCCO3)C2C2CCCCO2)C=C1. The van der Waals surface area contributed by atoms with Crippen LogP contribution in [-0.4, -0.2) is 54.2 Å². The van der Waals surface area contributed by atoms with E-state index in [1.54, 1.807) is 6.26 Å². The molecule has 5 nitrogen and oxygen atoms in total. The Labute approximate surface area is 207 Å². The second-order valence-corrected chi connectivity index (χ2v) is 11.4. The van der Waals surface area contributed by atoms with Crippen LogP contribution in [0.15, 0.2) is 60.3 Å². The number of thioether (sulfide) groups is 1. The molecule has 6 aliphatic heterocycles. The average molecular weight is 485 g/mol. The molecule has 6 rings (SSSR count). The average Bonchev–Trinajstić information content (AvgIpc) is 3.58. The molecule has 0 aromatic carbocycles. The zero-order chi connectivity index (χ0) is 22.8. The molecule has 7 unspecified atom stereocenters. The Hall–Kier alpha value is -1.63. The number of hydrogen-bond donors (Lipinski definition) is 0. The van der Waals surface area contributed by atoms with Crippen LogP contribution in [0.1, 0.15) is 51.4 Å². The molecular weight excluding hydrogens is 448 g/mol. The van der Waals surface area contributed by atoms with Gasteiger partial charge in [-0.1, -0.05) is 18.6 Å². The first-order chi connectivity index (χ1) is 16.9. The highest BCUT2D eigenvalue weighted by Crippen LogP contribution is 2.56. The van der Waals surface area contributed by atoms with Crippen LogP contribution in [0.3, 0.4) is 0 Å². The van der Waals surface area contributed by atoms with E-state index < -0.39 is 5.60 Å². The van der Waals surface area contributed by atoms with Crippen molar-refractivity contribution < 1.29 is 23.7 Å². The lowest BCUT2D eigenvalue weighted by molar-refractivity contribution is -0.187. The van der Waals surface area contributed by atoms with Crippen LogP contribution >= 0.6 is 11.8 Å². The predicted molar refractivity (Wildman–Crippen MR) is 133 cm³/mol. The summed E-state index contributed by atoms with van der Waals surface area (Å²) in [5.74, 6) is 2.29. The van der Waals surface area contributed by atoms with Crippen LogP contribution in [0.2, 0.25) is 0 Å². The quantitative estimate of drug-likeness (QED) is 0.506. The van der Waals surface area contributed by atoms with E-state index in [0.717, 1.165) is 51.1 Å². The minimum Gasteiger partial charge on any atom is -0.490 e. The second-order valence-electron chi connectivity index (χ2n) is 10.1. The molecule has 3 saturated heterocycles. The molecule has 184 valence electrons. The van der Waals surface area contributed by atoms with Crippen LogP contribution in [0.25, 0.3) is 0 Å². The van der Waals surface area contributed by atoms with Gasteiger partial charge in [0.25, 0.3) is 0 Å². The van der Waals surface area contributed by atoms with Crippen LogP contribution in [-0.2, 0) is 23.7 Å². The summed E-state index contributed by atoms with van der Waals surface area (Å²) >= 11 is 2.03. The fraction of sp³-hybridized carbons (Fsp3) is 0.643. The molecule has 6 heterocycles. The Morgan fingerprint density at radius 2 is 1.65 bits per heavy atom. The maximum absolute atomic E-state index is 7.35. The summed E-state index contributed by atoms with van der Waals surface area (Å²) in [6.45, 7) is 1.57. The van der Waals surface area contributed by atoms with Crippen molar-refractivity contribution in [3.63, 3.8) is 0 Å². The zero-order valence-electron chi connectivity index (χ0n) is 19.8. The highest BCUT2D eigenvalue weighted by molar-refractivity contribution is 8.00. The normalized spacial score (nSPS) is 41.9. The highest BCUT2D eigenvalue weighted by Gasteiger charge is 2.65. The molecule has 0 bridgehead atoms. The monoisotopic (exact) mass is 484 g/mol.